The van der Waals surface area contributed by atoms with Crippen LogP contribution in [-0.4, -0.2) is 39.9 Å². The summed E-state index contributed by atoms with van der Waals surface area (Å²) in [5.74, 6) is 3.01. The second kappa shape index (κ2) is 20.4. The Morgan fingerprint density at radius 2 is 1.04 bits per heavy atom. The SMILES string of the molecule is CCCCCCOc1ccc(-c2nc(-c3ccc(OCCCCCC)c(C)c3O)nc(-c3ccc(OCCCCCC)c(C)c3N=O)n2)cc1C. The predicted octanol–water partition coefficient (Wildman–Crippen LogP) is 11.8. The van der Waals surface area contributed by atoms with Crippen molar-refractivity contribution in [2.24, 2.45) is 5.18 Å². The van der Waals surface area contributed by atoms with Gasteiger partial charge in [0.05, 0.1) is 25.4 Å². The van der Waals surface area contributed by atoms with Crippen molar-refractivity contribution in [3.63, 3.8) is 0 Å². The predicted molar refractivity (Wildman–Crippen MR) is 206 cm³/mol. The van der Waals surface area contributed by atoms with Crippen molar-refractivity contribution in [3.8, 4) is 57.2 Å². The largest absolute Gasteiger partial charge is 0.507 e. The Morgan fingerprint density at radius 3 is 1.57 bits per heavy atom. The van der Waals surface area contributed by atoms with Gasteiger partial charge in [0.1, 0.15) is 28.7 Å². The number of nitrogens with zero attached hydrogens (tertiary/aromatic N) is 4. The van der Waals surface area contributed by atoms with Crippen molar-refractivity contribution in [2.75, 3.05) is 19.8 Å². The third kappa shape index (κ3) is 10.7. The summed E-state index contributed by atoms with van der Waals surface area (Å²) in [5.41, 5.74) is 4.03. The van der Waals surface area contributed by atoms with Gasteiger partial charge >= 0.3 is 0 Å². The third-order valence-electron chi connectivity index (χ3n) is 9.17. The van der Waals surface area contributed by atoms with E-state index in [9.17, 15) is 10.0 Å². The van der Waals surface area contributed by atoms with Gasteiger partial charge in [-0.25, -0.2) is 15.0 Å². The number of ether oxygens (including phenoxy) is 3. The molecule has 3 aromatic carbocycles. The van der Waals surface area contributed by atoms with Gasteiger partial charge in [-0.2, -0.15) is 0 Å². The number of unbranched alkanes of at least 4 members (excludes halogenated alkanes) is 9. The number of aromatic nitrogens is 3. The molecule has 0 amide bonds. The second-order valence-corrected chi connectivity index (χ2v) is 13.3. The molecule has 0 aliphatic heterocycles. The molecule has 4 aromatic rings. The maximum atomic E-state index is 12.4. The minimum Gasteiger partial charge on any atom is -0.507 e. The quantitative estimate of drug-likeness (QED) is 0.0637. The van der Waals surface area contributed by atoms with Crippen molar-refractivity contribution in [3.05, 3.63) is 64.1 Å². The molecule has 51 heavy (non-hydrogen) atoms. The van der Waals surface area contributed by atoms with Gasteiger partial charge in [0.25, 0.3) is 0 Å². The summed E-state index contributed by atoms with van der Waals surface area (Å²) in [7, 11) is 0. The summed E-state index contributed by atoms with van der Waals surface area (Å²) in [6.07, 6.45) is 13.2. The monoisotopic (exact) mass is 696 g/mol. The smallest absolute Gasteiger partial charge is 0.167 e. The van der Waals surface area contributed by atoms with Gasteiger partial charge in [-0.1, -0.05) is 78.6 Å². The molecule has 0 saturated heterocycles. The molecule has 0 spiro atoms. The Kier molecular flexibility index (Phi) is 15.7. The zero-order chi connectivity index (χ0) is 36.6. The molecule has 0 radical (unpaired) electrons. The van der Waals surface area contributed by atoms with Crippen molar-refractivity contribution in [1.29, 1.82) is 0 Å². The number of rotatable bonds is 22. The normalized spacial score (nSPS) is 11.1. The lowest BCUT2D eigenvalue weighted by Crippen LogP contribution is -2.04. The molecule has 1 N–H and O–H groups in total. The van der Waals surface area contributed by atoms with Crippen molar-refractivity contribution in [1.82, 2.24) is 15.0 Å². The van der Waals surface area contributed by atoms with Crippen LogP contribution in [0.15, 0.2) is 47.6 Å². The average molecular weight is 697 g/mol. The van der Waals surface area contributed by atoms with Crippen LogP contribution in [-0.2, 0) is 0 Å². The summed E-state index contributed by atoms with van der Waals surface area (Å²) >= 11 is 0. The average Bonchev–Trinajstić information content (AvgIpc) is 3.13. The van der Waals surface area contributed by atoms with Gasteiger partial charge in [0.2, 0.25) is 0 Å². The summed E-state index contributed by atoms with van der Waals surface area (Å²) in [6, 6.07) is 13.1. The maximum absolute atomic E-state index is 12.4. The molecule has 4 rings (SSSR count). The van der Waals surface area contributed by atoms with E-state index in [1.807, 2.05) is 51.1 Å². The van der Waals surface area contributed by atoms with Crippen molar-refractivity contribution in [2.45, 2.75) is 119 Å². The standard InChI is InChI=1S/C42H56N4O5/c1-7-10-13-16-25-49-35-22-19-32(28-29(35)4)40-43-41(33-20-23-36(30(5)38(33)46-48)50-26-17-14-11-8-2)45-42(44-40)34-21-24-37(31(6)39(34)47)51-27-18-15-12-9-3/h19-24,28,47H,7-18,25-27H2,1-6H3. The van der Waals surface area contributed by atoms with E-state index in [-0.39, 0.29) is 23.1 Å². The minimum atomic E-state index is 0.0314. The lowest BCUT2D eigenvalue weighted by atomic mass is 10.0. The highest BCUT2D eigenvalue weighted by Gasteiger charge is 2.21. The molecule has 0 unspecified atom stereocenters. The zero-order valence-corrected chi connectivity index (χ0v) is 31.5. The molecule has 0 fully saturated rings. The van der Waals surface area contributed by atoms with Crippen LogP contribution in [0.25, 0.3) is 34.2 Å². The molecule has 0 saturated carbocycles. The van der Waals surface area contributed by atoms with E-state index in [2.05, 4.69) is 25.9 Å². The molecule has 0 aliphatic carbocycles. The van der Waals surface area contributed by atoms with Crippen LogP contribution in [0, 0.1) is 25.7 Å². The molecule has 0 atom stereocenters. The fraction of sp³-hybridized carbons (Fsp3) is 0.500. The molecular formula is C42H56N4O5. The van der Waals surface area contributed by atoms with Crippen LogP contribution in [0.3, 0.4) is 0 Å². The number of phenols is 1. The van der Waals surface area contributed by atoms with Crippen molar-refractivity contribution >= 4 is 5.69 Å². The van der Waals surface area contributed by atoms with E-state index < -0.39 is 0 Å². The van der Waals surface area contributed by atoms with Crippen molar-refractivity contribution < 1.29 is 19.3 Å². The van der Waals surface area contributed by atoms with Gasteiger partial charge in [-0.15, -0.1) is 4.91 Å². The van der Waals surface area contributed by atoms with Gasteiger partial charge in [0.15, 0.2) is 17.5 Å². The molecule has 274 valence electrons. The number of hydrogen-bond acceptors (Lipinski definition) is 9. The van der Waals surface area contributed by atoms with Crippen LogP contribution >= 0.6 is 0 Å². The van der Waals surface area contributed by atoms with E-state index in [0.29, 0.717) is 59.4 Å². The first-order valence-corrected chi connectivity index (χ1v) is 18.9. The molecular weight excluding hydrogens is 640 g/mol. The van der Waals surface area contributed by atoms with Gasteiger partial charge in [-0.3, -0.25) is 0 Å². The molecule has 1 aromatic heterocycles. The van der Waals surface area contributed by atoms with Crippen LogP contribution < -0.4 is 14.2 Å². The third-order valence-corrected chi connectivity index (χ3v) is 9.17. The fourth-order valence-corrected chi connectivity index (χ4v) is 5.98. The van der Waals surface area contributed by atoms with Crippen LogP contribution in [0.4, 0.5) is 5.69 Å². The highest BCUT2D eigenvalue weighted by atomic mass is 16.5. The second-order valence-electron chi connectivity index (χ2n) is 13.3. The van der Waals surface area contributed by atoms with Crippen LogP contribution in [0.2, 0.25) is 0 Å². The van der Waals surface area contributed by atoms with E-state index in [1.165, 1.54) is 19.3 Å². The number of benzene rings is 3. The highest BCUT2D eigenvalue weighted by molar-refractivity contribution is 5.79. The summed E-state index contributed by atoms with van der Waals surface area (Å²) in [5, 5.41) is 14.9. The molecule has 9 heteroatoms. The Morgan fingerprint density at radius 1 is 0.569 bits per heavy atom. The van der Waals surface area contributed by atoms with Gasteiger partial charge < -0.3 is 19.3 Å². The number of hydrogen-bond donors (Lipinski definition) is 1. The number of aromatic hydroxyl groups is 1. The van der Waals surface area contributed by atoms with Crippen LogP contribution in [0.1, 0.15) is 115 Å². The number of nitroso groups, excluding NO2 is 1. The Bertz CT molecular complexity index is 1720. The Hall–Kier alpha value is -4.53. The molecule has 9 nitrogen and oxygen atoms in total. The van der Waals surface area contributed by atoms with E-state index >= 15 is 0 Å². The first kappa shape index (κ1) is 39.3. The maximum Gasteiger partial charge on any atom is 0.167 e. The fourth-order valence-electron chi connectivity index (χ4n) is 5.98. The molecule has 0 aliphatic rings. The zero-order valence-electron chi connectivity index (χ0n) is 31.5. The van der Waals surface area contributed by atoms with E-state index in [0.717, 1.165) is 74.7 Å². The summed E-state index contributed by atoms with van der Waals surface area (Å²) in [4.78, 5) is 26.9. The summed E-state index contributed by atoms with van der Waals surface area (Å²) in [6.45, 7) is 14.0. The van der Waals surface area contributed by atoms with Gasteiger partial charge in [-0.05, 0) is 93.2 Å². The Balaban J connectivity index is 1.74. The van der Waals surface area contributed by atoms with Crippen LogP contribution in [0.5, 0.6) is 23.0 Å². The Labute approximate surface area is 304 Å². The number of aryl methyl sites for hydroxylation is 1. The number of phenolic OH excluding ortho intramolecular Hbond substituents is 1. The van der Waals surface area contributed by atoms with Gasteiger partial charge in [0, 0.05) is 22.3 Å². The molecule has 1 heterocycles. The minimum absolute atomic E-state index is 0.0314. The molecule has 0 bridgehead atoms. The first-order valence-electron chi connectivity index (χ1n) is 18.9. The van der Waals surface area contributed by atoms with E-state index in [1.54, 1.807) is 12.1 Å². The van der Waals surface area contributed by atoms with E-state index in [4.69, 9.17) is 29.2 Å². The summed E-state index contributed by atoms with van der Waals surface area (Å²) < 4.78 is 18.2. The highest BCUT2D eigenvalue weighted by Crippen LogP contribution is 2.40. The lowest BCUT2D eigenvalue weighted by Gasteiger charge is -2.16. The first-order chi connectivity index (χ1) is 24.8. The topological polar surface area (TPSA) is 116 Å². The lowest BCUT2D eigenvalue weighted by molar-refractivity contribution is 0.301.